The van der Waals surface area contributed by atoms with Crippen molar-refractivity contribution >= 4 is 5.65 Å². The maximum Gasteiger partial charge on any atom is 0.354 e. The van der Waals surface area contributed by atoms with Gasteiger partial charge in [-0.3, -0.25) is 0 Å². The van der Waals surface area contributed by atoms with Crippen molar-refractivity contribution in [1.82, 2.24) is 9.30 Å². The predicted octanol–water partition coefficient (Wildman–Crippen LogP) is 1.66. The largest absolute Gasteiger partial charge is 0.477 e. The Labute approximate surface area is 138 Å². The number of likely N-dealkylation sites (N-methyl/N-ethyl adjacent to an activating group) is 1. The van der Waals surface area contributed by atoms with E-state index in [1.54, 1.807) is 22.9 Å². The minimum Gasteiger partial charge on any atom is -0.477 e. The maximum atomic E-state index is 13.2. The summed E-state index contributed by atoms with van der Waals surface area (Å²) >= 11 is 0. The highest BCUT2D eigenvalue weighted by atomic mass is 19.1. The summed E-state index contributed by atoms with van der Waals surface area (Å²) in [5, 5.41) is 10.7. The van der Waals surface area contributed by atoms with Crippen LogP contribution >= 0.6 is 0 Å². The van der Waals surface area contributed by atoms with E-state index in [1.165, 1.54) is 28.7 Å². The number of aromatic hydroxyl groups is 1. The summed E-state index contributed by atoms with van der Waals surface area (Å²) in [4.78, 5) is 14.8. The monoisotopic (exact) mass is 328 g/mol. The van der Waals surface area contributed by atoms with Crippen LogP contribution in [0.2, 0.25) is 0 Å². The second-order valence-electron chi connectivity index (χ2n) is 5.89. The van der Waals surface area contributed by atoms with Gasteiger partial charge >= 0.3 is 5.56 Å². The van der Waals surface area contributed by atoms with Crippen molar-refractivity contribution in [3.8, 4) is 17.0 Å². The molecule has 24 heavy (non-hydrogen) atoms. The Morgan fingerprint density at radius 3 is 2.54 bits per heavy atom. The van der Waals surface area contributed by atoms with E-state index in [9.17, 15) is 14.3 Å². The van der Waals surface area contributed by atoms with Gasteiger partial charge in [-0.25, -0.2) is 9.18 Å². The number of fused-ring (bicyclic) bond motifs is 1. The molecular formula is C18H19FN3O2+. The third-order valence-corrected chi connectivity index (χ3v) is 3.93. The fourth-order valence-electron chi connectivity index (χ4n) is 2.67. The second kappa shape index (κ2) is 6.41. The van der Waals surface area contributed by atoms with E-state index in [4.69, 9.17) is 0 Å². The van der Waals surface area contributed by atoms with Crippen LogP contribution in [0.15, 0.2) is 53.5 Å². The number of hydrogen-bond acceptors (Lipinski definition) is 3. The second-order valence-corrected chi connectivity index (χ2v) is 5.89. The standard InChI is InChI=1S/C18H18FN3O2/c1-20(2)11-12-22-15-5-3-4-10-21(15)17(23)16(18(22)24)13-6-8-14(19)9-7-13/h3-10H,11-12H2,1-2H3/p+1. The van der Waals surface area contributed by atoms with Crippen LogP contribution in [-0.2, 0) is 6.54 Å². The van der Waals surface area contributed by atoms with Crippen LogP contribution in [0.1, 0.15) is 0 Å². The molecule has 0 amide bonds. The van der Waals surface area contributed by atoms with Crippen LogP contribution in [0.25, 0.3) is 16.8 Å². The molecule has 0 aliphatic carbocycles. The van der Waals surface area contributed by atoms with Gasteiger partial charge in [0.2, 0.25) is 0 Å². The highest BCUT2D eigenvalue weighted by Gasteiger charge is 2.24. The van der Waals surface area contributed by atoms with Gasteiger partial charge < -0.3 is 10.0 Å². The Hall–Kier alpha value is -2.73. The van der Waals surface area contributed by atoms with Crippen molar-refractivity contribution in [3.63, 3.8) is 0 Å². The molecule has 0 fully saturated rings. The highest BCUT2D eigenvalue weighted by molar-refractivity contribution is 5.67. The summed E-state index contributed by atoms with van der Waals surface area (Å²) in [6, 6.07) is 10.9. The number of aromatic nitrogens is 2. The predicted molar refractivity (Wildman–Crippen MR) is 89.5 cm³/mol. The smallest absolute Gasteiger partial charge is 0.354 e. The molecule has 0 aliphatic rings. The Kier molecular flexibility index (Phi) is 4.31. The molecule has 0 radical (unpaired) electrons. The zero-order valence-corrected chi connectivity index (χ0v) is 13.6. The summed E-state index contributed by atoms with van der Waals surface area (Å²) in [5.41, 5.74) is 0.914. The first-order valence-corrected chi connectivity index (χ1v) is 7.66. The van der Waals surface area contributed by atoms with Gasteiger partial charge in [0.25, 0.3) is 11.5 Å². The molecule has 0 bridgehead atoms. The topological polar surface area (TPSA) is 48.8 Å². The summed E-state index contributed by atoms with van der Waals surface area (Å²) < 4.78 is 16.4. The molecule has 2 aromatic heterocycles. The summed E-state index contributed by atoms with van der Waals surface area (Å²) in [5.74, 6) is -0.501. The van der Waals surface area contributed by atoms with Gasteiger partial charge in [0.05, 0.1) is 6.20 Å². The molecular weight excluding hydrogens is 309 g/mol. The number of nitrogens with zero attached hydrogens (tertiary/aromatic N) is 3. The lowest BCUT2D eigenvalue weighted by Gasteiger charge is -2.12. The Morgan fingerprint density at radius 1 is 1.17 bits per heavy atom. The molecule has 0 aliphatic heterocycles. The van der Waals surface area contributed by atoms with E-state index in [1.807, 2.05) is 25.1 Å². The van der Waals surface area contributed by atoms with E-state index < -0.39 is 0 Å². The third-order valence-electron chi connectivity index (χ3n) is 3.93. The molecule has 1 N–H and O–H groups in total. The lowest BCUT2D eigenvalue weighted by Crippen LogP contribution is -2.44. The Bertz CT molecular complexity index is 933. The molecule has 0 spiro atoms. The minimum absolute atomic E-state index is 0.111. The molecule has 3 aromatic rings. The first-order chi connectivity index (χ1) is 11.5. The number of benzene rings is 1. The fraction of sp³-hybridized carbons (Fsp3) is 0.222. The number of rotatable bonds is 4. The number of pyridine rings is 1. The molecule has 0 unspecified atom stereocenters. The average Bonchev–Trinajstić information content (AvgIpc) is 2.56. The molecule has 2 heterocycles. The number of halogens is 1. The van der Waals surface area contributed by atoms with Gasteiger partial charge in [-0.2, -0.15) is 8.97 Å². The summed E-state index contributed by atoms with van der Waals surface area (Å²) in [7, 11) is 3.88. The van der Waals surface area contributed by atoms with E-state index in [0.717, 1.165) is 0 Å². The van der Waals surface area contributed by atoms with E-state index in [-0.39, 0.29) is 22.8 Å². The normalized spacial score (nSPS) is 11.3. The molecule has 6 heteroatoms. The lowest BCUT2D eigenvalue weighted by molar-refractivity contribution is -0.679. The van der Waals surface area contributed by atoms with Crippen molar-refractivity contribution < 1.29 is 14.1 Å². The van der Waals surface area contributed by atoms with Crippen molar-refractivity contribution in [2.45, 2.75) is 6.54 Å². The Balaban J connectivity index is 2.29. The summed E-state index contributed by atoms with van der Waals surface area (Å²) in [6.07, 6.45) is 1.66. The van der Waals surface area contributed by atoms with E-state index in [0.29, 0.717) is 24.3 Å². The molecule has 0 saturated carbocycles. The van der Waals surface area contributed by atoms with Crippen LogP contribution in [0.3, 0.4) is 0 Å². The molecule has 3 rings (SSSR count). The molecule has 0 saturated heterocycles. The van der Waals surface area contributed by atoms with E-state index >= 15 is 0 Å². The third kappa shape index (κ3) is 2.88. The van der Waals surface area contributed by atoms with Crippen LogP contribution < -0.4 is 10.1 Å². The van der Waals surface area contributed by atoms with E-state index in [2.05, 4.69) is 0 Å². The average molecular weight is 328 g/mol. The minimum atomic E-state index is -0.389. The SMILES string of the molecule is CN(C)CC[n+]1c(O)c(-c2ccc(F)cc2)c(=O)n2ccccc21. The van der Waals surface area contributed by atoms with Gasteiger partial charge in [0.1, 0.15) is 12.4 Å². The van der Waals surface area contributed by atoms with Crippen molar-refractivity contribution in [2.75, 3.05) is 20.6 Å². The lowest BCUT2D eigenvalue weighted by atomic mass is 10.1. The van der Waals surface area contributed by atoms with Crippen LogP contribution in [0, 0.1) is 5.82 Å². The molecule has 1 aromatic carbocycles. The molecule has 124 valence electrons. The molecule has 5 nitrogen and oxygen atoms in total. The van der Waals surface area contributed by atoms with Crippen LogP contribution in [-0.4, -0.2) is 35.0 Å². The van der Waals surface area contributed by atoms with Crippen LogP contribution in [0.5, 0.6) is 5.88 Å². The first kappa shape index (κ1) is 16.1. The van der Waals surface area contributed by atoms with Gasteiger partial charge in [0.15, 0.2) is 5.56 Å². The van der Waals surface area contributed by atoms with Crippen molar-refractivity contribution in [1.29, 1.82) is 0 Å². The fourth-order valence-corrected chi connectivity index (χ4v) is 2.67. The molecule has 0 atom stereocenters. The zero-order valence-electron chi connectivity index (χ0n) is 13.6. The quantitative estimate of drug-likeness (QED) is 0.741. The van der Waals surface area contributed by atoms with Crippen molar-refractivity contribution in [3.05, 3.63) is 64.8 Å². The van der Waals surface area contributed by atoms with Gasteiger partial charge in [-0.15, -0.1) is 0 Å². The highest BCUT2D eigenvalue weighted by Crippen LogP contribution is 2.23. The summed E-state index contributed by atoms with van der Waals surface area (Å²) in [6.45, 7) is 1.21. The van der Waals surface area contributed by atoms with Gasteiger partial charge in [0, 0.05) is 12.6 Å². The first-order valence-electron chi connectivity index (χ1n) is 7.66. The van der Waals surface area contributed by atoms with Gasteiger partial charge in [-0.1, -0.05) is 18.2 Å². The number of hydrogen-bond donors (Lipinski definition) is 1. The van der Waals surface area contributed by atoms with Crippen LogP contribution in [0.4, 0.5) is 4.39 Å². The zero-order chi connectivity index (χ0) is 17.3. The Morgan fingerprint density at radius 2 is 1.88 bits per heavy atom. The maximum absolute atomic E-state index is 13.2. The van der Waals surface area contributed by atoms with Gasteiger partial charge in [-0.05, 0) is 37.9 Å². The van der Waals surface area contributed by atoms with Crippen molar-refractivity contribution in [2.24, 2.45) is 0 Å².